The van der Waals surface area contributed by atoms with Crippen LogP contribution in [-0.2, 0) is 60.6 Å². The van der Waals surface area contributed by atoms with E-state index in [1.54, 1.807) is 58.3 Å². The Balaban J connectivity index is 0.910. The highest BCUT2D eigenvalue weighted by Crippen LogP contribution is 2.37. The molecule has 25 heteroatoms. The fourth-order valence-corrected chi connectivity index (χ4v) is 9.72. The number of sulfonamides is 2. The molecule has 0 aliphatic heterocycles. The Morgan fingerprint density at radius 3 is 1.90 bits per heavy atom. The third-order valence-corrected chi connectivity index (χ3v) is 13.6. The molecule has 0 spiro atoms. The molecule has 0 saturated heterocycles. The average Bonchev–Trinajstić information content (AvgIpc) is 4.18. The number of ether oxygens (including phenoxy) is 3. The van der Waals surface area contributed by atoms with E-state index in [0.717, 1.165) is 23.8 Å². The Morgan fingerprint density at radius 1 is 0.764 bits per heavy atom. The quantitative estimate of drug-likeness (QED) is 0.0714. The number of methoxy groups -OCH3 is 3. The Bertz CT molecular complexity index is 3630. The molecule has 72 heavy (non-hydrogen) atoms. The van der Waals surface area contributed by atoms with Crippen molar-refractivity contribution in [3.8, 4) is 11.5 Å². The van der Waals surface area contributed by atoms with Crippen molar-refractivity contribution in [1.82, 2.24) is 40.1 Å². The molecule has 0 fully saturated rings. The van der Waals surface area contributed by atoms with Crippen molar-refractivity contribution in [3.63, 3.8) is 0 Å². The zero-order valence-electron chi connectivity index (χ0n) is 38.8. The number of amides is 2. The van der Waals surface area contributed by atoms with Gasteiger partial charge >= 0.3 is 0 Å². The van der Waals surface area contributed by atoms with E-state index in [2.05, 4.69) is 41.9 Å². The van der Waals surface area contributed by atoms with E-state index >= 15 is 4.39 Å². The van der Waals surface area contributed by atoms with Gasteiger partial charge in [0.25, 0.3) is 26.0 Å². The molecule has 4 heterocycles. The number of likely N-dealkylation sites (N-methyl/N-ethyl adjacent to an activating group) is 1. The lowest BCUT2D eigenvalue weighted by molar-refractivity contribution is -0.124. The number of carbonyl (C=O) groups is 2. The minimum absolute atomic E-state index is 0.00553. The van der Waals surface area contributed by atoms with Gasteiger partial charge in [0.1, 0.15) is 37.9 Å². The van der Waals surface area contributed by atoms with Crippen molar-refractivity contribution in [2.45, 2.75) is 36.0 Å². The number of nitrogens with zero attached hydrogens (tertiary/aromatic N) is 7. The summed E-state index contributed by atoms with van der Waals surface area (Å²) in [6.07, 6.45) is 9.49. The highest BCUT2D eigenvalue weighted by molar-refractivity contribution is 7.93. The molecule has 8 rings (SSSR count). The first-order valence-electron chi connectivity index (χ1n) is 21.4. The molecule has 0 atom stereocenters. The van der Waals surface area contributed by atoms with Crippen LogP contribution in [0.5, 0.6) is 11.5 Å². The molecule has 0 aliphatic rings. The van der Waals surface area contributed by atoms with Crippen LogP contribution in [-0.4, -0.2) is 98.4 Å². The van der Waals surface area contributed by atoms with Gasteiger partial charge in [0.05, 0.1) is 46.3 Å². The summed E-state index contributed by atoms with van der Waals surface area (Å²) >= 11 is 0. The number of aromatic nitrogens is 6. The predicted octanol–water partition coefficient (Wildman–Crippen LogP) is 5.85. The molecular formula is C47H44F2N10O11S2. The number of hydrogen-bond donors (Lipinski definition) is 3. The van der Waals surface area contributed by atoms with E-state index in [1.165, 1.54) is 69.8 Å². The van der Waals surface area contributed by atoms with Crippen LogP contribution < -0.4 is 24.2 Å². The topological polar surface area (TPSA) is 257 Å². The Labute approximate surface area is 409 Å². The zero-order chi connectivity index (χ0) is 51.3. The Hall–Kier alpha value is -8.42. The van der Waals surface area contributed by atoms with Crippen LogP contribution in [0.1, 0.15) is 27.8 Å². The molecule has 8 aromatic rings. The highest BCUT2D eigenvalue weighted by atomic mass is 32.2. The number of benzene rings is 4. The summed E-state index contributed by atoms with van der Waals surface area (Å²) in [4.78, 5) is 25.6. The first-order chi connectivity index (χ1) is 34.5. The van der Waals surface area contributed by atoms with Gasteiger partial charge in [-0.25, -0.2) is 25.6 Å². The standard InChI is InChI=1S/C47H44F2N10O11S2/c1-28(47(61)57(2)23-32-22-52-59(27-32)25-30-17-35(67-4)42-37(19-30)69-53-45(42)55-71(62,63)39-12-7-6-11-34(39)48)33-10-8-13-40(44(33)49)72(64,65)56-46-43-36(68-5)16-29(18-38(43)70-54-46)24-58-26-31(21-51-58)20-50-41(60)14-9-15-66-3/h6-14,16-19,21-22,26-27H,1,15,20,23-25H2,2-5H3,(H,50,60)(H,53,55)(H,54,56)/b14-9+. The lowest BCUT2D eigenvalue weighted by Gasteiger charge is -2.19. The number of carbonyl (C=O) groups excluding carboxylic acids is 2. The maximum absolute atomic E-state index is 16.3. The van der Waals surface area contributed by atoms with Gasteiger partial charge in [-0.3, -0.25) is 28.4 Å². The maximum Gasteiger partial charge on any atom is 0.266 e. The normalized spacial score (nSPS) is 11.9. The van der Waals surface area contributed by atoms with Crippen LogP contribution in [0.15, 0.2) is 129 Å². The number of nitrogens with one attached hydrogen (secondary N) is 3. The van der Waals surface area contributed by atoms with Gasteiger partial charge in [-0.15, -0.1) is 0 Å². The van der Waals surface area contributed by atoms with Crippen molar-refractivity contribution >= 4 is 71.0 Å². The minimum Gasteiger partial charge on any atom is -0.496 e. The minimum atomic E-state index is -4.70. The largest absolute Gasteiger partial charge is 0.496 e. The predicted molar refractivity (Wildman–Crippen MR) is 257 cm³/mol. The zero-order valence-corrected chi connectivity index (χ0v) is 40.4. The number of anilines is 2. The van der Waals surface area contributed by atoms with E-state index < -0.39 is 47.4 Å². The van der Waals surface area contributed by atoms with E-state index in [9.17, 15) is 30.8 Å². The lowest BCUT2D eigenvalue weighted by Crippen LogP contribution is -2.27. The summed E-state index contributed by atoms with van der Waals surface area (Å²) in [7, 11) is -3.35. The molecule has 3 N–H and O–H groups in total. The lowest BCUT2D eigenvalue weighted by atomic mass is 10.1. The third-order valence-electron chi connectivity index (χ3n) is 10.9. The summed E-state index contributed by atoms with van der Waals surface area (Å²) in [6.45, 7) is 4.75. The second-order valence-electron chi connectivity index (χ2n) is 16.0. The van der Waals surface area contributed by atoms with E-state index in [1.807, 2.05) is 0 Å². The molecule has 2 amide bonds. The maximum atomic E-state index is 16.3. The molecule has 0 bridgehead atoms. The molecule has 0 radical (unpaired) electrons. The molecular weight excluding hydrogens is 983 g/mol. The molecule has 0 unspecified atom stereocenters. The molecule has 21 nitrogen and oxygen atoms in total. The number of hydrogen-bond acceptors (Lipinski definition) is 15. The van der Waals surface area contributed by atoms with Crippen LogP contribution in [0, 0.1) is 11.6 Å². The highest BCUT2D eigenvalue weighted by Gasteiger charge is 2.29. The number of fused-ring (bicyclic) bond motifs is 2. The summed E-state index contributed by atoms with van der Waals surface area (Å²) in [6, 6.07) is 14.9. The van der Waals surface area contributed by atoms with Gasteiger partial charge in [-0.05, 0) is 53.6 Å². The van der Waals surface area contributed by atoms with Crippen LogP contribution in [0.3, 0.4) is 0 Å². The molecule has 4 aromatic carbocycles. The molecule has 0 saturated carbocycles. The second-order valence-corrected chi connectivity index (χ2v) is 19.3. The van der Waals surface area contributed by atoms with E-state index in [4.69, 9.17) is 23.3 Å². The summed E-state index contributed by atoms with van der Waals surface area (Å²) < 4.78 is 119. The van der Waals surface area contributed by atoms with Gasteiger partial charge in [0.15, 0.2) is 28.6 Å². The van der Waals surface area contributed by atoms with Crippen molar-refractivity contribution in [2.75, 3.05) is 44.4 Å². The number of rotatable bonds is 21. The van der Waals surface area contributed by atoms with Crippen molar-refractivity contribution in [3.05, 3.63) is 150 Å². The first kappa shape index (κ1) is 50.0. The van der Waals surface area contributed by atoms with Crippen molar-refractivity contribution in [2.24, 2.45) is 0 Å². The smallest absolute Gasteiger partial charge is 0.266 e. The SMILES string of the molecule is C=C(C(=O)N(C)Cc1cnn(Cc2cc(OC)c3c(NS(=O)(=O)c4ccccc4F)noc3c2)c1)c1cccc(S(=O)(=O)Nc2noc3cc(Cn4cc(CNC(=O)/C=C/COC)cn4)cc(OC)c23)c1F. The first-order valence-corrected chi connectivity index (χ1v) is 24.4. The van der Waals surface area contributed by atoms with Gasteiger partial charge in [-0.2, -0.15) is 10.2 Å². The summed E-state index contributed by atoms with van der Waals surface area (Å²) in [5.41, 5.74) is 2.21. The third kappa shape index (κ3) is 10.8. The van der Waals surface area contributed by atoms with Gasteiger partial charge in [0.2, 0.25) is 5.91 Å². The number of halogens is 2. The van der Waals surface area contributed by atoms with E-state index in [-0.39, 0.29) is 88.3 Å². The van der Waals surface area contributed by atoms with Gasteiger partial charge in [0, 0.05) is 68.0 Å². The van der Waals surface area contributed by atoms with Crippen molar-refractivity contribution < 1.29 is 58.5 Å². The molecule has 374 valence electrons. The van der Waals surface area contributed by atoms with Crippen molar-refractivity contribution in [1.29, 1.82) is 0 Å². The fourth-order valence-electron chi connectivity index (χ4n) is 7.53. The van der Waals surface area contributed by atoms with E-state index in [0.29, 0.717) is 23.3 Å². The Morgan fingerprint density at radius 2 is 1.32 bits per heavy atom. The second kappa shape index (κ2) is 20.9. The molecule has 4 aromatic heterocycles. The summed E-state index contributed by atoms with van der Waals surface area (Å²) in [5, 5.41) is 19.6. The summed E-state index contributed by atoms with van der Waals surface area (Å²) in [5.74, 6) is -3.26. The van der Waals surface area contributed by atoms with Gasteiger partial charge in [-0.1, -0.05) is 47.2 Å². The van der Waals surface area contributed by atoms with Crippen LogP contribution >= 0.6 is 0 Å². The monoisotopic (exact) mass is 1030 g/mol. The molecule has 0 aliphatic carbocycles. The average molecular weight is 1030 g/mol. The van der Waals surface area contributed by atoms with Crippen LogP contribution in [0.25, 0.3) is 27.5 Å². The van der Waals surface area contributed by atoms with Crippen LogP contribution in [0.4, 0.5) is 20.4 Å². The fraction of sp³-hybridized carbons (Fsp3) is 0.191. The van der Waals surface area contributed by atoms with Gasteiger partial charge < -0.3 is 33.5 Å². The Kier molecular flexibility index (Phi) is 14.5. The van der Waals surface area contributed by atoms with Crippen LogP contribution in [0.2, 0.25) is 0 Å².